The molecule has 2 saturated heterocycles. The van der Waals surface area contributed by atoms with Crippen LogP contribution in [0.2, 0.25) is 0 Å². The third-order valence-electron chi connectivity index (χ3n) is 5.29. The highest BCUT2D eigenvalue weighted by Crippen LogP contribution is 2.20. The van der Waals surface area contributed by atoms with E-state index in [-0.39, 0.29) is 12.0 Å². The van der Waals surface area contributed by atoms with Crippen LogP contribution in [0.25, 0.3) is 0 Å². The number of rotatable bonds is 7. The minimum Gasteiger partial charge on any atom is -0.374 e. The maximum Gasteiger partial charge on any atom is 0.220 e. The standard InChI is InChI=1S/C20H39N5O2/c1-5-22-20(25-8-6-17(7-9-25)12-19(26)21-4)23-13-18-15-24(10-11-27-18)14-16(2)3/h16-18H,5-15H2,1-4H3,(H,21,26)(H,22,23). The lowest BCUT2D eigenvalue weighted by Gasteiger charge is -2.35. The highest BCUT2D eigenvalue weighted by atomic mass is 16.5. The Morgan fingerprint density at radius 3 is 2.63 bits per heavy atom. The zero-order valence-corrected chi connectivity index (χ0v) is 17.7. The zero-order chi connectivity index (χ0) is 19.6. The van der Waals surface area contributed by atoms with Crippen molar-refractivity contribution in [2.75, 3.05) is 59.5 Å². The third-order valence-corrected chi connectivity index (χ3v) is 5.29. The van der Waals surface area contributed by atoms with Crippen molar-refractivity contribution in [3.8, 4) is 0 Å². The van der Waals surface area contributed by atoms with Crippen molar-refractivity contribution >= 4 is 11.9 Å². The second-order valence-electron chi connectivity index (χ2n) is 8.15. The van der Waals surface area contributed by atoms with Gasteiger partial charge in [0.25, 0.3) is 0 Å². The average molecular weight is 382 g/mol. The molecule has 0 bridgehead atoms. The summed E-state index contributed by atoms with van der Waals surface area (Å²) in [5.74, 6) is 2.30. The molecule has 0 radical (unpaired) electrons. The number of amides is 1. The first-order valence-corrected chi connectivity index (χ1v) is 10.6. The summed E-state index contributed by atoms with van der Waals surface area (Å²) >= 11 is 0. The summed E-state index contributed by atoms with van der Waals surface area (Å²) in [7, 11) is 1.71. The van der Waals surface area contributed by atoms with Crippen LogP contribution in [-0.4, -0.2) is 87.2 Å². The normalized spacial score (nSPS) is 22.9. The van der Waals surface area contributed by atoms with Crippen molar-refractivity contribution in [1.82, 2.24) is 20.4 Å². The Hall–Kier alpha value is -1.34. The number of hydrogen-bond donors (Lipinski definition) is 2. The maximum absolute atomic E-state index is 11.6. The Morgan fingerprint density at radius 1 is 1.26 bits per heavy atom. The first-order chi connectivity index (χ1) is 13.0. The lowest BCUT2D eigenvalue weighted by atomic mass is 9.93. The summed E-state index contributed by atoms with van der Waals surface area (Å²) in [5.41, 5.74) is 0. The number of ether oxygens (including phenoxy) is 1. The van der Waals surface area contributed by atoms with Gasteiger partial charge in [-0.1, -0.05) is 13.8 Å². The van der Waals surface area contributed by atoms with E-state index >= 15 is 0 Å². The molecule has 1 atom stereocenters. The first-order valence-electron chi connectivity index (χ1n) is 10.6. The lowest BCUT2D eigenvalue weighted by molar-refractivity contribution is -0.121. The van der Waals surface area contributed by atoms with Gasteiger partial charge >= 0.3 is 0 Å². The van der Waals surface area contributed by atoms with Gasteiger partial charge in [-0.05, 0) is 31.6 Å². The number of nitrogens with zero attached hydrogens (tertiary/aromatic N) is 3. The molecule has 0 saturated carbocycles. The molecule has 27 heavy (non-hydrogen) atoms. The molecule has 2 aliphatic rings. The lowest BCUT2D eigenvalue weighted by Crippen LogP contribution is -2.48. The van der Waals surface area contributed by atoms with E-state index in [0.717, 1.165) is 64.7 Å². The molecule has 0 aromatic carbocycles. The second kappa shape index (κ2) is 11.5. The van der Waals surface area contributed by atoms with Gasteiger partial charge in [0.05, 0.1) is 19.3 Å². The predicted octanol–water partition coefficient (Wildman–Crippen LogP) is 1.16. The van der Waals surface area contributed by atoms with E-state index < -0.39 is 0 Å². The molecule has 0 aromatic heterocycles. The summed E-state index contributed by atoms with van der Waals surface area (Å²) in [4.78, 5) is 21.3. The van der Waals surface area contributed by atoms with E-state index in [1.807, 2.05) is 0 Å². The Balaban J connectivity index is 1.84. The number of carbonyl (C=O) groups is 1. The molecule has 2 aliphatic heterocycles. The van der Waals surface area contributed by atoms with E-state index in [4.69, 9.17) is 9.73 Å². The second-order valence-corrected chi connectivity index (χ2v) is 8.15. The van der Waals surface area contributed by atoms with E-state index in [1.54, 1.807) is 7.05 Å². The van der Waals surface area contributed by atoms with Gasteiger partial charge in [0.1, 0.15) is 0 Å². The fourth-order valence-electron chi connectivity index (χ4n) is 3.90. The third kappa shape index (κ3) is 7.66. The van der Waals surface area contributed by atoms with Crippen LogP contribution in [0.4, 0.5) is 0 Å². The largest absolute Gasteiger partial charge is 0.374 e. The van der Waals surface area contributed by atoms with Crippen LogP contribution in [0, 0.1) is 11.8 Å². The SMILES string of the molecule is CCNC(=NCC1CN(CC(C)C)CCO1)N1CCC(CC(=O)NC)CC1. The van der Waals surface area contributed by atoms with Crippen LogP contribution in [0.1, 0.15) is 40.0 Å². The fraction of sp³-hybridized carbons (Fsp3) is 0.900. The fourth-order valence-corrected chi connectivity index (χ4v) is 3.90. The number of likely N-dealkylation sites (tertiary alicyclic amines) is 1. The van der Waals surface area contributed by atoms with Crippen LogP contribution in [0.15, 0.2) is 4.99 Å². The number of hydrogen-bond acceptors (Lipinski definition) is 4. The van der Waals surface area contributed by atoms with Crippen molar-refractivity contribution in [2.45, 2.75) is 46.1 Å². The topological polar surface area (TPSA) is 69.2 Å². The summed E-state index contributed by atoms with van der Waals surface area (Å²) < 4.78 is 5.94. The number of guanidine groups is 1. The number of nitrogens with one attached hydrogen (secondary N) is 2. The summed E-state index contributed by atoms with van der Waals surface area (Å²) in [5, 5.41) is 6.16. The predicted molar refractivity (Wildman–Crippen MR) is 110 cm³/mol. The van der Waals surface area contributed by atoms with Gasteiger partial charge in [-0.25, -0.2) is 0 Å². The molecule has 1 unspecified atom stereocenters. The Morgan fingerprint density at radius 2 is 2.00 bits per heavy atom. The van der Waals surface area contributed by atoms with Gasteiger partial charge in [0.15, 0.2) is 5.96 Å². The van der Waals surface area contributed by atoms with E-state index in [2.05, 4.69) is 41.2 Å². The first kappa shape index (κ1) is 22.0. The zero-order valence-electron chi connectivity index (χ0n) is 17.7. The molecule has 2 heterocycles. The van der Waals surface area contributed by atoms with Crippen molar-refractivity contribution in [2.24, 2.45) is 16.8 Å². The molecule has 2 fully saturated rings. The molecular weight excluding hydrogens is 342 g/mol. The van der Waals surface area contributed by atoms with E-state index in [1.165, 1.54) is 0 Å². The van der Waals surface area contributed by atoms with E-state index in [9.17, 15) is 4.79 Å². The highest BCUT2D eigenvalue weighted by Gasteiger charge is 2.24. The molecule has 0 spiro atoms. The Labute approximate surface area is 164 Å². The molecule has 7 heteroatoms. The van der Waals surface area contributed by atoms with Crippen molar-refractivity contribution in [3.63, 3.8) is 0 Å². The van der Waals surface area contributed by atoms with Crippen LogP contribution in [0.5, 0.6) is 0 Å². The smallest absolute Gasteiger partial charge is 0.220 e. The molecule has 7 nitrogen and oxygen atoms in total. The number of carbonyl (C=O) groups excluding carboxylic acids is 1. The van der Waals surface area contributed by atoms with Gasteiger partial charge in [-0.2, -0.15) is 0 Å². The van der Waals surface area contributed by atoms with E-state index in [0.29, 0.717) is 24.8 Å². The number of morpholine rings is 1. The molecule has 2 N–H and O–H groups in total. The minimum absolute atomic E-state index is 0.148. The van der Waals surface area contributed by atoms with Crippen LogP contribution >= 0.6 is 0 Å². The van der Waals surface area contributed by atoms with Crippen LogP contribution in [0.3, 0.4) is 0 Å². The molecule has 0 aliphatic carbocycles. The molecule has 1 amide bonds. The summed E-state index contributed by atoms with van der Waals surface area (Å²) in [6.45, 7) is 14.0. The minimum atomic E-state index is 0.148. The van der Waals surface area contributed by atoms with Gasteiger partial charge in [-0.15, -0.1) is 0 Å². The molecule has 156 valence electrons. The summed E-state index contributed by atoms with van der Waals surface area (Å²) in [6.07, 6.45) is 2.90. The van der Waals surface area contributed by atoms with Crippen molar-refractivity contribution < 1.29 is 9.53 Å². The average Bonchev–Trinajstić information content (AvgIpc) is 2.65. The van der Waals surface area contributed by atoms with Gasteiger partial charge in [-0.3, -0.25) is 14.7 Å². The molecular formula is C20H39N5O2. The highest BCUT2D eigenvalue weighted by molar-refractivity contribution is 5.80. The van der Waals surface area contributed by atoms with Gasteiger partial charge in [0, 0.05) is 52.7 Å². The Bertz CT molecular complexity index is 475. The van der Waals surface area contributed by atoms with Crippen molar-refractivity contribution in [1.29, 1.82) is 0 Å². The Kier molecular flexibility index (Phi) is 9.34. The van der Waals surface area contributed by atoms with Crippen LogP contribution in [-0.2, 0) is 9.53 Å². The van der Waals surface area contributed by atoms with Crippen molar-refractivity contribution in [3.05, 3.63) is 0 Å². The number of aliphatic imine (C=N–C) groups is 1. The molecule has 2 rings (SSSR count). The maximum atomic E-state index is 11.6. The summed E-state index contributed by atoms with van der Waals surface area (Å²) in [6, 6.07) is 0. The molecule has 0 aromatic rings. The van der Waals surface area contributed by atoms with Gasteiger partial charge < -0.3 is 20.3 Å². The quantitative estimate of drug-likeness (QED) is 0.512. The van der Waals surface area contributed by atoms with Gasteiger partial charge in [0.2, 0.25) is 5.91 Å². The monoisotopic (exact) mass is 381 g/mol. The number of piperidine rings is 1. The van der Waals surface area contributed by atoms with Crippen LogP contribution < -0.4 is 10.6 Å².